The molecule has 1 heterocycles. The average Bonchev–Trinajstić information content (AvgIpc) is 2.48. The van der Waals surface area contributed by atoms with Crippen LogP contribution < -0.4 is 10.6 Å². The Morgan fingerprint density at radius 3 is 2.29 bits per heavy atom. The molecular formula is C17H32N4. The lowest BCUT2D eigenvalue weighted by Gasteiger charge is -2.16. The number of hydrogen-bond donors (Lipinski definition) is 2. The molecule has 0 aliphatic rings. The number of rotatable bonds is 11. The average molecular weight is 292 g/mol. The highest BCUT2D eigenvalue weighted by molar-refractivity contribution is 5.47. The maximum absolute atomic E-state index is 4.63. The van der Waals surface area contributed by atoms with Crippen molar-refractivity contribution in [3.63, 3.8) is 0 Å². The van der Waals surface area contributed by atoms with E-state index in [1.165, 1.54) is 25.7 Å². The van der Waals surface area contributed by atoms with Crippen LogP contribution in [-0.4, -0.2) is 23.1 Å². The SMILES string of the molecule is CCCCC(CC)CNc1cc(NCC)nc(CCC)n1. The Bertz CT molecular complexity index is 368. The summed E-state index contributed by atoms with van der Waals surface area (Å²) in [6.07, 6.45) is 7.11. The minimum atomic E-state index is 0.733. The summed E-state index contributed by atoms with van der Waals surface area (Å²) in [6, 6.07) is 2.02. The van der Waals surface area contributed by atoms with Crippen LogP contribution in [0.3, 0.4) is 0 Å². The van der Waals surface area contributed by atoms with Gasteiger partial charge in [-0.15, -0.1) is 0 Å². The Hall–Kier alpha value is -1.32. The summed E-state index contributed by atoms with van der Waals surface area (Å²) < 4.78 is 0. The molecule has 1 aromatic rings. The summed E-state index contributed by atoms with van der Waals surface area (Å²) in [7, 11) is 0. The van der Waals surface area contributed by atoms with Crippen LogP contribution in [0.2, 0.25) is 0 Å². The first-order valence-corrected chi connectivity index (χ1v) is 8.59. The standard InChI is InChI=1S/C17H32N4/c1-5-9-11-14(7-3)13-19-17-12-16(18-8-4)20-15(21-17)10-6-2/h12,14H,5-11,13H2,1-4H3,(H2,18,19,20,21). The number of anilines is 2. The van der Waals surface area contributed by atoms with Gasteiger partial charge in [0, 0.05) is 25.6 Å². The molecule has 0 spiro atoms. The lowest BCUT2D eigenvalue weighted by Crippen LogP contribution is -2.15. The third kappa shape index (κ3) is 6.78. The van der Waals surface area contributed by atoms with Crippen LogP contribution in [0.5, 0.6) is 0 Å². The van der Waals surface area contributed by atoms with Crippen LogP contribution in [0.1, 0.15) is 65.6 Å². The highest BCUT2D eigenvalue weighted by Crippen LogP contribution is 2.16. The molecule has 0 saturated carbocycles. The molecule has 0 fully saturated rings. The fraction of sp³-hybridized carbons (Fsp3) is 0.765. The molecule has 0 radical (unpaired) electrons. The van der Waals surface area contributed by atoms with Gasteiger partial charge in [0.25, 0.3) is 0 Å². The first kappa shape index (κ1) is 17.7. The number of aryl methyl sites for hydroxylation is 1. The highest BCUT2D eigenvalue weighted by Gasteiger charge is 2.08. The van der Waals surface area contributed by atoms with Crippen LogP contribution in [-0.2, 0) is 6.42 Å². The molecule has 1 atom stereocenters. The second kappa shape index (κ2) is 10.4. The van der Waals surface area contributed by atoms with Crippen LogP contribution in [0.15, 0.2) is 6.07 Å². The number of unbranched alkanes of at least 4 members (excludes halogenated alkanes) is 1. The molecule has 0 aliphatic carbocycles. The van der Waals surface area contributed by atoms with Crippen LogP contribution >= 0.6 is 0 Å². The topological polar surface area (TPSA) is 49.8 Å². The molecule has 1 unspecified atom stereocenters. The van der Waals surface area contributed by atoms with Gasteiger partial charge < -0.3 is 10.6 Å². The molecule has 120 valence electrons. The second-order valence-electron chi connectivity index (χ2n) is 5.63. The molecule has 1 rings (SSSR count). The van der Waals surface area contributed by atoms with Gasteiger partial charge in [-0.05, 0) is 25.7 Å². The summed E-state index contributed by atoms with van der Waals surface area (Å²) in [6.45, 7) is 10.7. The van der Waals surface area contributed by atoms with Crippen molar-refractivity contribution in [3.8, 4) is 0 Å². The Morgan fingerprint density at radius 1 is 1.00 bits per heavy atom. The van der Waals surface area contributed by atoms with E-state index in [0.717, 1.165) is 49.3 Å². The molecule has 0 bridgehead atoms. The van der Waals surface area contributed by atoms with Crippen molar-refractivity contribution in [2.75, 3.05) is 23.7 Å². The van der Waals surface area contributed by atoms with E-state index in [2.05, 4.69) is 48.3 Å². The third-order valence-electron chi connectivity index (χ3n) is 3.72. The molecule has 1 aromatic heterocycles. The number of nitrogens with one attached hydrogen (secondary N) is 2. The Labute approximate surface area is 130 Å². The smallest absolute Gasteiger partial charge is 0.133 e. The summed E-state index contributed by atoms with van der Waals surface area (Å²) in [5.41, 5.74) is 0. The highest BCUT2D eigenvalue weighted by atomic mass is 15.1. The van der Waals surface area contributed by atoms with Gasteiger partial charge in [-0.2, -0.15) is 0 Å². The van der Waals surface area contributed by atoms with Gasteiger partial charge in [-0.1, -0.05) is 40.0 Å². The molecule has 4 heteroatoms. The van der Waals surface area contributed by atoms with Gasteiger partial charge in [0.15, 0.2) is 0 Å². The maximum Gasteiger partial charge on any atom is 0.133 e. The van der Waals surface area contributed by atoms with Gasteiger partial charge in [0.2, 0.25) is 0 Å². The van der Waals surface area contributed by atoms with E-state index in [-0.39, 0.29) is 0 Å². The van der Waals surface area contributed by atoms with Gasteiger partial charge in [0.1, 0.15) is 17.5 Å². The Morgan fingerprint density at radius 2 is 1.71 bits per heavy atom. The van der Waals surface area contributed by atoms with E-state index < -0.39 is 0 Å². The number of hydrogen-bond acceptors (Lipinski definition) is 4. The molecule has 0 aromatic carbocycles. The monoisotopic (exact) mass is 292 g/mol. The zero-order chi connectivity index (χ0) is 15.5. The second-order valence-corrected chi connectivity index (χ2v) is 5.63. The van der Waals surface area contributed by atoms with E-state index in [4.69, 9.17) is 0 Å². The molecular weight excluding hydrogens is 260 g/mol. The van der Waals surface area contributed by atoms with Crippen LogP contribution in [0.25, 0.3) is 0 Å². The quantitative estimate of drug-likeness (QED) is 0.631. The summed E-state index contributed by atoms with van der Waals surface area (Å²) in [4.78, 5) is 9.18. The number of aromatic nitrogens is 2. The zero-order valence-electron chi connectivity index (χ0n) is 14.2. The molecule has 0 amide bonds. The fourth-order valence-electron chi connectivity index (χ4n) is 2.39. The third-order valence-corrected chi connectivity index (χ3v) is 3.72. The van der Waals surface area contributed by atoms with E-state index in [9.17, 15) is 0 Å². The van der Waals surface area contributed by atoms with Gasteiger partial charge in [0.05, 0.1) is 0 Å². The molecule has 0 saturated heterocycles. The van der Waals surface area contributed by atoms with Crippen molar-refractivity contribution < 1.29 is 0 Å². The van der Waals surface area contributed by atoms with Crippen molar-refractivity contribution in [3.05, 3.63) is 11.9 Å². The van der Waals surface area contributed by atoms with Crippen molar-refractivity contribution in [1.82, 2.24) is 9.97 Å². The summed E-state index contributed by atoms with van der Waals surface area (Å²) >= 11 is 0. The van der Waals surface area contributed by atoms with Gasteiger partial charge in [-0.3, -0.25) is 0 Å². The van der Waals surface area contributed by atoms with Gasteiger partial charge >= 0.3 is 0 Å². The molecule has 4 nitrogen and oxygen atoms in total. The first-order valence-electron chi connectivity index (χ1n) is 8.59. The minimum Gasteiger partial charge on any atom is -0.370 e. The minimum absolute atomic E-state index is 0.733. The predicted octanol–water partition coefficient (Wildman–Crippen LogP) is 4.49. The molecule has 21 heavy (non-hydrogen) atoms. The summed E-state index contributed by atoms with van der Waals surface area (Å²) in [5, 5.41) is 6.80. The van der Waals surface area contributed by atoms with E-state index in [1.54, 1.807) is 0 Å². The number of nitrogens with zero attached hydrogens (tertiary/aromatic N) is 2. The van der Waals surface area contributed by atoms with E-state index in [1.807, 2.05) is 6.07 Å². The van der Waals surface area contributed by atoms with Crippen LogP contribution in [0, 0.1) is 5.92 Å². The van der Waals surface area contributed by atoms with Crippen molar-refractivity contribution >= 4 is 11.6 Å². The van der Waals surface area contributed by atoms with E-state index >= 15 is 0 Å². The maximum atomic E-state index is 4.63. The largest absolute Gasteiger partial charge is 0.370 e. The fourth-order valence-corrected chi connectivity index (χ4v) is 2.39. The Kier molecular flexibility index (Phi) is 8.79. The van der Waals surface area contributed by atoms with Crippen LogP contribution in [0.4, 0.5) is 11.6 Å². The van der Waals surface area contributed by atoms with Crippen molar-refractivity contribution in [1.29, 1.82) is 0 Å². The predicted molar refractivity (Wildman–Crippen MR) is 92.0 cm³/mol. The van der Waals surface area contributed by atoms with E-state index in [0.29, 0.717) is 0 Å². The summed E-state index contributed by atoms with van der Waals surface area (Å²) in [5.74, 6) is 3.55. The van der Waals surface area contributed by atoms with Crippen molar-refractivity contribution in [2.24, 2.45) is 5.92 Å². The lowest BCUT2D eigenvalue weighted by atomic mass is 9.99. The normalized spacial score (nSPS) is 12.2. The van der Waals surface area contributed by atoms with Crippen molar-refractivity contribution in [2.45, 2.75) is 66.2 Å². The first-order chi connectivity index (χ1) is 10.2. The molecule has 2 N–H and O–H groups in total. The van der Waals surface area contributed by atoms with Gasteiger partial charge in [-0.25, -0.2) is 9.97 Å². The lowest BCUT2D eigenvalue weighted by molar-refractivity contribution is 0.472. The Balaban J connectivity index is 2.66. The zero-order valence-corrected chi connectivity index (χ0v) is 14.2. The molecule has 0 aliphatic heterocycles.